The molecule has 0 amide bonds. The minimum Gasteiger partial charge on any atom is -0.0842 e. The zero-order chi connectivity index (χ0) is 45.6. The van der Waals surface area contributed by atoms with E-state index in [1.54, 1.807) is 33.4 Å². The summed E-state index contributed by atoms with van der Waals surface area (Å²) in [5.41, 5.74) is 29.5. The molecule has 334 valence electrons. The topological polar surface area (TPSA) is 0 Å². The van der Waals surface area contributed by atoms with E-state index in [1.807, 2.05) is 0 Å². The van der Waals surface area contributed by atoms with Gasteiger partial charge in [0.05, 0.1) is 0 Å². The van der Waals surface area contributed by atoms with Crippen molar-refractivity contribution >= 4 is 33.1 Å². The Labute approximate surface area is 411 Å². The minimum atomic E-state index is 0.368. The van der Waals surface area contributed by atoms with Gasteiger partial charge < -0.3 is 0 Å². The van der Waals surface area contributed by atoms with Gasteiger partial charge in [0.1, 0.15) is 0 Å². The molecule has 0 saturated carbocycles. The lowest BCUT2D eigenvalue weighted by atomic mass is 9.62. The van der Waals surface area contributed by atoms with Gasteiger partial charge in [0.15, 0.2) is 0 Å². The number of benzene rings is 5. The molecule has 11 aliphatic rings. The van der Waals surface area contributed by atoms with Crippen LogP contribution in [0.25, 0.3) is 66.4 Å². The highest BCUT2D eigenvalue weighted by atomic mass is 14.5. The maximum Gasteiger partial charge on any atom is 0.0196 e. The van der Waals surface area contributed by atoms with Crippen molar-refractivity contribution in [2.75, 3.05) is 0 Å². The van der Waals surface area contributed by atoms with Crippen molar-refractivity contribution in [3.8, 4) is 33.4 Å². The first-order chi connectivity index (χ1) is 34.7. The summed E-state index contributed by atoms with van der Waals surface area (Å²) in [6.45, 7) is 0. The molecule has 0 N–H and O–H groups in total. The summed E-state index contributed by atoms with van der Waals surface area (Å²) in [7, 11) is 0. The maximum atomic E-state index is 2.69. The molecule has 5 aromatic rings. The van der Waals surface area contributed by atoms with Crippen LogP contribution in [0.5, 0.6) is 0 Å². The first-order valence-corrected chi connectivity index (χ1v) is 26.4. The third kappa shape index (κ3) is 5.60. The molecule has 6 atom stereocenters. The summed E-state index contributed by atoms with van der Waals surface area (Å²) in [5.74, 6) is 2.75. The van der Waals surface area contributed by atoms with Crippen molar-refractivity contribution in [2.24, 2.45) is 35.5 Å². The normalized spacial score (nSPS) is 26.6. The molecule has 16 rings (SSSR count). The molecule has 11 aliphatic carbocycles. The fraction of sp³-hybridized carbons (Fsp3) is 0.200. The van der Waals surface area contributed by atoms with Gasteiger partial charge in [-0.2, -0.15) is 0 Å². The Morgan fingerprint density at radius 3 is 2.19 bits per heavy atom. The molecule has 0 bridgehead atoms. The Bertz CT molecular complexity index is 3810. The van der Waals surface area contributed by atoms with E-state index in [9.17, 15) is 0 Å². The Hall–Kier alpha value is -7.28. The second-order valence-electron chi connectivity index (χ2n) is 21.8. The van der Waals surface area contributed by atoms with Crippen molar-refractivity contribution < 1.29 is 0 Å². The summed E-state index contributed by atoms with van der Waals surface area (Å²) in [4.78, 5) is 0. The maximum absolute atomic E-state index is 2.69. The van der Waals surface area contributed by atoms with Crippen molar-refractivity contribution in [3.05, 3.63) is 260 Å². The molecule has 5 aromatic carbocycles. The van der Waals surface area contributed by atoms with Gasteiger partial charge in [0.2, 0.25) is 0 Å². The van der Waals surface area contributed by atoms with Gasteiger partial charge in [-0.1, -0.05) is 176 Å². The molecule has 0 spiro atoms. The van der Waals surface area contributed by atoms with Crippen LogP contribution in [0.4, 0.5) is 0 Å². The molecular formula is C70H54. The largest absolute Gasteiger partial charge is 0.0842 e. The van der Waals surface area contributed by atoms with E-state index < -0.39 is 0 Å². The summed E-state index contributed by atoms with van der Waals surface area (Å²) >= 11 is 0. The fourth-order valence-electron chi connectivity index (χ4n) is 15.4. The van der Waals surface area contributed by atoms with Crippen LogP contribution in [-0.4, -0.2) is 0 Å². The smallest absolute Gasteiger partial charge is 0.0196 e. The van der Waals surface area contributed by atoms with Gasteiger partial charge in [0, 0.05) is 17.8 Å². The van der Waals surface area contributed by atoms with Gasteiger partial charge in [-0.25, -0.2) is 0 Å². The van der Waals surface area contributed by atoms with Crippen molar-refractivity contribution in [3.63, 3.8) is 0 Å². The highest BCUT2D eigenvalue weighted by Crippen LogP contribution is 2.62. The molecule has 0 aliphatic heterocycles. The van der Waals surface area contributed by atoms with Crippen molar-refractivity contribution in [1.29, 1.82) is 0 Å². The molecule has 0 heterocycles. The Balaban J connectivity index is 0.935. The molecule has 0 aromatic heterocycles. The van der Waals surface area contributed by atoms with Crippen molar-refractivity contribution in [1.82, 2.24) is 0 Å². The van der Waals surface area contributed by atoms with Crippen LogP contribution >= 0.6 is 0 Å². The summed E-state index contributed by atoms with van der Waals surface area (Å²) in [6.07, 6.45) is 50.4. The summed E-state index contributed by atoms with van der Waals surface area (Å²) in [6, 6.07) is 35.6. The zero-order valence-corrected chi connectivity index (χ0v) is 39.6. The van der Waals surface area contributed by atoms with Crippen molar-refractivity contribution in [2.45, 2.75) is 51.4 Å². The van der Waals surface area contributed by atoms with Gasteiger partial charge in [-0.05, 0) is 220 Å². The first kappa shape index (κ1) is 39.6. The van der Waals surface area contributed by atoms with E-state index in [-0.39, 0.29) is 0 Å². The minimum absolute atomic E-state index is 0.368. The first-order valence-electron chi connectivity index (χ1n) is 26.4. The lowest BCUT2D eigenvalue weighted by molar-refractivity contribution is 0.392. The predicted molar refractivity (Wildman–Crippen MR) is 292 cm³/mol. The lowest BCUT2D eigenvalue weighted by Crippen LogP contribution is -2.36. The fourth-order valence-corrected chi connectivity index (χ4v) is 15.4. The van der Waals surface area contributed by atoms with Crippen LogP contribution in [-0.2, 0) is 0 Å². The van der Waals surface area contributed by atoms with Gasteiger partial charge in [-0.3, -0.25) is 0 Å². The van der Waals surface area contributed by atoms with E-state index in [2.05, 4.69) is 194 Å². The van der Waals surface area contributed by atoms with Crippen LogP contribution < -0.4 is 10.4 Å². The standard InChI is InChI=1S/C70H54/c1-5-16-41(17-6-1)46-31-32-53-49(34-46)37-62-67-54(53)26-15-27-56(67)69-64(43-20-9-3-10-21-43)61-40-58-57(39-60(61)65(70(62)69)44-22-11-4-12-23-44)55-33-30-45-28-29-47-35-48(36-50-38-59(58)68(55)66(45)63(47)50)52-25-14-13-24-51(52)42-18-7-2-8-19-42/h1-7,9-16,18,20-24,26-29,31-32,35-36,38-41,46-47,49,52,63H,8,17,19,25,30,33-34,37H2. The predicted octanol–water partition coefficient (Wildman–Crippen LogP) is 15.9. The van der Waals surface area contributed by atoms with Crippen LogP contribution in [0.3, 0.4) is 0 Å². The Morgan fingerprint density at radius 2 is 1.37 bits per heavy atom. The molecular weight excluding hydrogens is 841 g/mol. The SMILES string of the molecule is C1=CCCC(C2=CC=CCC2C2=CC3C=CC4=C5C6=C(CC4)c4cc7c(-c8ccccc8)c8c(c(-c9ccccc9)c7cc4C6=CC(=C2)C53)-c2cccc3c2=C8CC2CC(C4C=CC=CC4)C=CC=32)=C1. The number of hydrogen-bond donors (Lipinski definition) is 0. The molecule has 6 unspecified atom stereocenters. The average molecular weight is 895 g/mol. The molecule has 0 saturated heterocycles. The molecule has 0 nitrogen and oxygen atoms in total. The van der Waals surface area contributed by atoms with Gasteiger partial charge in [0.25, 0.3) is 0 Å². The van der Waals surface area contributed by atoms with E-state index >= 15 is 0 Å². The quantitative estimate of drug-likeness (QED) is 0.165. The van der Waals surface area contributed by atoms with Crippen LogP contribution in [0, 0.1) is 35.5 Å². The highest BCUT2D eigenvalue weighted by molar-refractivity contribution is 6.21. The van der Waals surface area contributed by atoms with Gasteiger partial charge in [-0.15, -0.1) is 0 Å². The van der Waals surface area contributed by atoms with Crippen LogP contribution in [0.2, 0.25) is 0 Å². The molecule has 0 radical (unpaired) electrons. The van der Waals surface area contributed by atoms with Gasteiger partial charge >= 0.3 is 0 Å². The molecule has 70 heavy (non-hydrogen) atoms. The number of fused-ring (bicyclic) bond motifs is 8. The number of rotatable bonds is 5. The van der Waals surface area contributed by atoms with E-state index in [1.165, 1.54) is 106 Å². The lowest BCUT2D eigenvalue weighted by Gasteiger charge is -2.42. The third-order valence-electron chi connectivity index (χ3n) is 18.3. The molecule has 0 fully saturated rings. The summed E-state index contributed by atoms with van der Waals surface area (Å²) in [5, 5.41) is 5.70. The van der Waals surface area contributed by atoms with E-state index in [0.29, 0.717) is 35.5 Å². The van der Waals surface area contributed by atoms with E-state index in [0.717, 1.165) is 44.9 Å². The monoisotopic (exact) mass is 894 g/mol. The Morgan fingerprint density at radius 1 is 0.557 bits per heavy atom. The highest BCUT2D eigenvalue weighted by Gasteiger charge is 2.45. The molecule has 0 heteroatoms. The van der Waals surface area contributed by atoms with Crippen LogP contribution in [0.1, 0.15) is 68.1 Å². The third-order valence-corrected chi connectivity index (χ3v) is 18.3. The Kier molecular flexibility index (Phi) is 8.54. The van der Waals surface area contributed by atoms with Crippen LogP contribution in [0.15, 0.2) is 233 Å². The summed E-state index contributed by atoms with van der Waals surface area (Å²) < 4.78 is 0. The number of hydrogen-bond acceptors (Lipinski definition) is 0. The van der Waals surface area contributed by atoms with E-state index in [4.69, 9.17) is 0 Å². The number of allylic oxidation sites excluding steroid dienone is 26. The second-order valence-corrected chi connectivity index (χ2v) is 21.8. The second kappa shape index (κ2) is 15.1. The average Bonchev–Trinajstić information content (AvgIpc) is 3.92. The zero-order valence-electron chi connectivity index (χ0n) is 39.6.